The second-order valence-electron chi connectivity index (χ2n) is 7.60. The molecule has 3 aromatic rings. The summed E-state index contributed by atoms with van der Waals surface area (Å²) in [6, 6.07) is 7.69. The Morgan fingerprint density at radius 2 is 1.93 bits per heavy atom. The van der Waals surface area contributed by atoms with Gasteiger partial charge in [-0.05, 0) is 49.9 Å². The van der Waals surface area contributed by atoms with Gasteiger partial charge in [-0.1, -0.05) is 0 Å². The van der Waals surface area contributed by atoms with Crippen molar-refractivity contribution in [1.29, 1.82) is 0 Å². The van der Waals surface area contributed by atoms with Gasteiger partial charge in [-0.3, -0.25) is 4.79 Å². The molecule has 0 saturated heterocycles. The number of methoxy groups -OCH3 is 1. The third-order valence-electron chi connectivity index (χ3n) is 5.50. The van der Waals surface area contributed by atoms with Crippen LogP contribution in [0.25, 0.3) is 11.0 Å². The van der Waals surface area contributed by atoms with Crippen LogP contribution >= 0.6 is 0 Å². The molecule has 2 aromatic heterocycles. The van der Waals surface area contributed by atoms with Gasteiger partial charge in [0, 0.05) is 31.0 Å². The lowest BCUT2D eigenvalue weighted by molar-refractivity contribution is 0.104. The summed E-state index contributed by atoms with van der Waals surface area (Å²) >= 11 is 0. The molecule has 30 heavy (non-hydrogen) atoms. The van der Waals surface area contributed by atoms with Crippen LogP contribution in [0.3, 0.4) is 0 Å². The predicted octanol–water partition coefficient (Wildman–Crippen LogP) is 2.90. The van der Waals surface area contributed by atoms with Crippen molar-refractivity contribution in [3.8, 4) is 5.75 Å². The van der Waals surface area contributed by atoms with Gasteiger partial charge < -0.3 is 25.5 Å². The van der Waals surface area contributed by atoms with E-state index < -0.39 is 0 Å². The molecule has 0 atom stereocenters. The highest BCUT2D eigenvalue weighted by Crippen LogP contribution is 2.28. The SMILES string of the molecule is COCCOc1ccc(C(=O)c2c[nH]c3ncnc(NC4CCC(N)CC4)c23)cc1. The van der Waals surface area contributed by atoms with E-state index in [1.54, 1.807) is 37.6 Å². The first-order chi connectivity index (χ1) is 14.7. The Morgan fingerprint density at radius 3 is 2.67 bits per heavy atom. The number of carbonyl (C=O) groups is 1. The number of aromatic amines is 1. The summed E-state index contributed by atoms with van der Waals surface area (Å²) in [6.45, 7) is 0.976. The number of benzene rings is 1. The van der Waals surface area contributed by atoms with Gasteiger partial charge in [0.25, 0.3) is 0 Å². The summed E-state index contributed by atoms with van der Waals surface area (Å²) in [5.41, 5.74) is 7.79. The lowest BCUT2D eigenvalue weighted by Crippen LogP contribution is -2.33. The molecule has 4 N–H and O–H groups in total. The van der Waals surface area contributed by atoms with Crippen molar-refractivity contribution in [3.63, 3.8) is 0 Å². The highest BCUT2D eigenvalue weighted by molar-refractivity contribution is 6.18. The van der Waals surface area contributed by atoms with Gasteiger partial charge in [-0.25, -0.2) is 9.97 Å². The molecule has 1 aliphatic rings. The largest absolute Gasteiger partial charge is 0.491 e. The lowest BCUT2D eigenvalue weighted by Gasteiger charge is -2.27. The van der Waals surface area contributed by atoms with Crippen LogP contribution in [-0.4, -0.2) is 53.1 Å². The molecule has 0 radical (unpaired) electrons. The van der Waals surface area contributed by atoms with Crippen LogP contribution < -0.4 is 15.8 Å². The average molecular weight is 409 g/mol. The summed E-state index contributed by atoms with van der Waals surface area (Å²) in [6.07, 6.45) is 7.17. The second-order valence-corrected chi connectivity index (χ2v) is 7.60. The van der Waals surface area contributed by atoms with E-state index in [2.05, 4.69) is 20.3 Å². The summed E-state index contributed by atoms with van der Waals surface area (Å²) in [5, 5.41) is 4.22. The molecule has 0 amide bonds. The number of nitrogens with one attached hydrogen (secondary N) is 2. The minimum Gasteiger partial charge on any atom is -0.491 e. The standard InChI is InChI=1S/C22H27N5O3/c1-29-10-11-30-17-8-2-14(3-9-17)20(28)18-12-24-21-19(18)22(26-13-25-21)27-16-6-4-15(23)5-7-16/h2-3,8-9,12-13,15-16H,4-7,10-11,23H2,1H3,(H2,24,25,26,27). The number of fused-ring (bicyclic) bond motifs is 1. The van der Waals surface area contributed by atoms with E-state index in [9.17, 15) is 4.79 Å². The van der Waals surface area contributed by atoms with Gasteiger partial charge in [0.05, 0.1) is 17.6 Å². The van der Waals surface area contributed by atoms with Crippen molar-refractivity contribution in [3.05, 3.63) is 47.9 Å². The number of carbonyl (C=O) groups excluding carboxylic acids is 1. The molecule has 8 heteroatoms. The Hall–Kier alpha value is -2.97. The molecule has 0 spiro atoms. The van der Waals surface area contributed by atoms with Crippen molar-refractivity contribution in [2.75, 3.05) is 25.6 Å². The number of aromatic nitrogens is 3. The Morgan fingerprint density at radius 1 is 1.17 bits per heavy atom. The topological polar surface area (TPSA) is 115 Å². The minimum absolute atomic E-state index is 0.0896. The lowest BCUT2D eigenvalue weighted by atomic mass is 9.92. The van der Waals surface area contributed by atoms with Gasteiger partial charge >= 0.3 is 0 Å². The summed E-state index contributed by atoms with van der Waals surface area (Å²) < 4.78 is 10.6. The average Bonchev–Trinajstić information content (AvgIpc) is 3.21. The van der Waals surface area contributed by atoms with Crippen molar-refractivity contribution in [1.82, 2.24) is 15.0 Å². The number of hydrogen-bond acceptors (Lipinski definition) is 7. The Labute approximate surface area is 175 Å². The fourth-order valence-corrected chi connectivity index (χ4v) is 3.81. The number of anilines is 1. The van der Waals surface area contributed by atoms with Gasteiger partial charge in [0.2, 0.25) is 0 Å². The van der Waals surface area contributed by atoms with Crippen molar-refractivity contribution in [2.45, 2.75) is 37.8 Å². The van der Waals surface area contributed by atoms with Crippen molar-refractivity contribution >= 4 is 22.6 Å². The molecule has 0 unspecified atom stereocenters. The molecular formula is C22H27N5O3. The predicted molar refractivity (Wildman–Crippen MR) is 115 cm³/mol. The van der Waals surface area contributed by atoms with Gasteiger partial charge in [0.15, 0.2) is 5.78 Å². The van der Waals surface area contributed by atoms with E-state index in [0.717, 1.165) is 31.1 Å². The maximum Gasteiger partial charge on any atom is 0.195 e. The number of ketones is 1. The summed E-state index contributed by atoms with van der Waals surface area (Å²) in [4.78, 5) is 25.0. The zero-order valence-electron chi connectivity index (χ0n) is 17.1. The van der Waals surface area contributed by atoms with Crippen LogP contribution in [0.2, 0.25) is 0 Å². The number of ether oxygens (including phenoxy) is 2. The van der Waals surface area contributed by atoms with Crippen LogP contribution in [0.4, 0.5) is 5.82 Å². The van der Waals surface area contributed by atoms with Gasteiger partial charge in [-0.15, -0.1) is 0 Å². The fourth-order valence-electron chi connectivity index (χ4n) is 3.81. The molecule has 1 saturated carbocycles. The maximum atomic E-state index is 13.2. The molecule has 158 valence electrons. The molecule has 2 heterocycles. The first-order valence-electron chi connectivity index (χ1n) is 10.3. The molecule has 1 fully saturated rings. The molecular weight excluding hydrogens is 382 g/mol. The minimum atomic E-state index is -0.0896. The smallest absolute Gasteiger partial charge is 0.195 e. The second kappa shape index (κ2) is 9.23. The Bertz CT molecular complexity index is 994. The molecule has 0 aliphatic heterocycles. The van der Waals surface area contributed by atoms with E-state index in [-0.39, 0.29) is 11.8 Å². The van der Waals surface area contributed by atoms with Crippen LogP contribution in [0.15, 0.2) is 36.8 Å². The van der Waals surface area contributed by atoms with Crippen LogP contribution in [0.1, 0.15) is 41.6 Å². The highest BCUT2D eigenvalue weighted by atomic mass is 16.5. The fraction of sp³-hybridized carbons (Fsp3) is 0.409. The normalized spacial score (nSPS) is 19.0. The molecule has 1 aliphatic carbocycles. The van der Waals surface area contributed by atoms with E-state index in [0.29, 0.717) is 47.6 Å². The Kier molecular flexibility index (Phi) is 6.25. The molecule has 1 aromatic carbocycles. The Balaban J connectivity index is 1.55. The van der Waals surface area contributed by atoms with Gasteiger partial charge in [0.1, 0.15) is 30.1 Å². The molecule has 8 nitrogen and oxygen atoms in total. The highest BCUT2D eigenvalue weighted by Gasteiger charge is 2.22. The number of nitrogens with zero attached hydrogens (tertiary/aromatic N) is 2. The van der Waals surface area contributed by atoms with E-state index >= 15 is 0 Å². The number of rotatable bonds is 8. The quantitative estimate of drug-likeness (QED) is 0.387. The molecule has 4 rings (SSSR count). The number of hydrogen-bond donors (Lipinski definition) is 3. The van der Waals surface area contributed by atoms with Crippen molar-refractivity contribution < 1.29 is 14.3 Å². The number of nitrogens with two attached hydrogens (primary N) is 1. The molecule has 0 bridgehead atoms. The maximum absolute atomic E-state index is 13.2. The van der Waals surface area contributed by atoms with E-state index in [1.165, 1.54) is 6.33 Å². The zero-order valence-corrected chi connectivity index (χ0v) is 17.1. The monoisotopic (exact) mass is 409 g/mol. The van der Waals surface area contributed by atoms with Crippen LogP contribution in [-0.2, 0) is 4.74 Å². The third kappa shape index (κ3) is 4.44. The van der Waals surface area contributed by atoms with E-state index in [4.69, 9.17) is 15.2 Å². The van der Waals surface area contributed by atoms with E-state index in [1.807, 2.05) is 0 Å². The first kappa shape index (κ1) is 20.3. The third-order valence-corrected chi connectivity index (χ3v) is 5.50. The summed E-state index contributed by atoms with van der Waals surface area (Å²) in [5.74, 6) is 1.29. The zero-order chi connectivity index (χ0) is 20.9. The summed E-state index contributed by atoms with van der Waals surface area (Å²) in [7, 11) is 1.63. The first-order valence-corrected chi connectivity index (χ1v) is 10.3. The van der Waals surface area contributed by atoms with Gasteiger partial charge in [-0.2, -0.15) is 0 Å². The number of H-pyrrole nitrogens is 1. The van der Waals surface area contributed by atoms with Crippen LogP contribution in [0, 0.1) is 0 Å². The van der Waals surface area contributed by atoms with Crippen molar-refractivity contribution in [2.24, 2.45) is 5.73 Å². The van der Waals surface area contributed by atoms with Crippen LogP contribution in [0.5, 0.6) is 5.75 Å².